The van der Waals surface area contributed by atoms with Crippen molar-refractivity contribution < 1.29 is 18.1 Å². The summed E-state index contributed by atoms with van der Waals surface area (Å²) >= 11 is 0. The van der Waals surface area contributed by atoms with Gasteiger partial charge in [0.05, 0.1) is 9.82 Å². The number of sulfonamides is 1. The molecule has 9 heteroatoms. The van der Waals surface area contributed by atoms with Gasteiger partial charge in [0.15, 0.2) is 0 Å². The molecule has 0 saturated heterocycles. The molecule has 0 radical (unpaired) electrons. The number of anilines is 1. The molecule has 0 saturated carbocycles. The Bertz CT molecular complexity index is 970. The standard InChI is InChI=1S/C17H17N3O5S/c1-3-9-18-26(24,25)15-6-4-5-13(10-15)17(21)19-14-8-7-12(2)16(11-14)20(22)23/h3-8,10-11,18H,1,9H2,2H3,(H,19,21). The van der Waals surface area contributed by atoms with Crippen LogP contribution in [-0.2, 0) is 10.0 Å². The van der Waals surface area contributed by atoms with Crippen LogP contribution in [0.3, 0.4) is 0 Å². The van der Waals surface area contributed by atoms with Gasteiger partial charge in [-0.25, -0.2) is 13.1 Å². The highest BCUT2D eigenvalue weighted by Gasteiger charge is 2.17. The molecule has 8 nitrogen and oxygen atoms in total. The van der Waals surface area contributed by atoms with E-state index in [4.69, 9.17) is 0 Å². The van der Waals surface area contributed by atoms with Crippen LogP contribution in [0, 0.1) is 17.0 Å². The SMILES string of the molecule is C=CCNS(=O)(=O)c1cccc(C(=O)Nc2ccc(C)c([N+](=O)[O-])c2)c1. The quantitative estimate of drug-likeness (QED) is 0.438. The number of nitrogens with zero attached hydrogens (tertiary/aromatic N) is 1. The summed E-state index contributed by atoms with van der Waals surface area (Å²) in [6.45, 7) is 5.09. The molecule has 26 heavy (non-hydrogen) atoms. The average Bonchev–Trinajstić information content (AvgIpc) is 2.61. The normalized spacial score (nSPS) is 11.0. The van der Waals surface area contributed by atoms with Crippen LogP contribution in [0.1, 0.15) is 15.9 Å². The molecule has 0 aliphatic carbocycles. The molecular weight excluding hydrogens is 358 g/mol. The summed E-state index contributed by atoms with van der Waals surface area (Å²) < 4.78 is 26.5. The number of aryl methyl sites for hydroxylation is 1. The van der Waals surface area contributed by atoms with E-state index in [1.807, 2.05) is 0 Å². The van der Waals surface area contributed by atoms with Crippen LogP contribution in [0.15, 0.2) is 60.0 Å². The first-order valence-corrected chi connectivity index (χ1v) is 9.00. The van der Waals surface area contributed by atoms with Crippen LogP contribution in [-0.4, -0.2) is 25.8 Å². The minimum atomic E-state index is -3.77. The van der Waals surface area contributed by atoms with E-state index in [0.29, 0.717) is 5.56 Å². The Hall–Kier alpha value is -3.04. The molecule has 0 atom stereocenters. The van der Waals surface area contributed by atoms with Crippen molar-refractivity contribution >= 4 is 27.3 Å². The van der Waals surface area contributed by atoms with Crippen molar-refractivity contribution in [3.05, 3.63) is 76.4 Å². The Labute approximate surface area is 150 Å². The summed E-state index contributed by atoms with van der Waals surface area (Å²) in [5.41, 5.74) is 0.696. The van der Waals surface area contributed by atoms with Crippen molar-refractivity contribution in [2.75, 3.05) is 11.9 Å². The van der Waals surface area contributed by atoms with E-state index in [0.717, 1.165) is 0 Å². The second-order valence-corrected chi connectivity index (χ2v) is 7.15. The van der Waals surface area contributed by atoms with Crippen LogP contribution in [0.4, 0.5) is 11.4 Å². The summed E-state index contributed by atoms with van der Waals surface area (Å²) in [4.78, 5) is 22.7. The van der Waals surface area contributed by atoms with E-state index in [1.165, 1.54) is 48.5 Å². The Kier molecular flexibility index (Phi) is 5.86. The van der Waals surface area contributed by atoms with Crippen molar-refractivity contribution in [2.45, 2.75) is 11.8 Å². The van der Waals surface area contributed by atoms with Gasteiger partial charge in [0.1, 0.15) is 0 Å². The molecule has 0 spiro atoms. The van der Waals surface area contributed by atoms with E-state index >= 15 is 0 Å². The van der Waals surface area contributed by atoms with Gasteiger partial charge in [-0.15, -0.1) is 6.58 Å². The van der Waals surface area contributed by atoms with Crippen molar-refractivity contribution in [3.8, 4) is 0 Å². The number of carbonyl (C=O) groups excluding carboxylic acids is 1. The van der Waals surface area contributed by atoms with E-state index < -0.39 is 20.9 Å². The molecule has 0 aliphatic rings. The third-order valence-electron chi connectivity index (χ3n) is 3.49. The summed E-state index contributed by atoms with van der Waals surface area (Å²) in [5.74, 6) is -0.580. The van der Waals surface area contributed by atoms with Gasteiger partial charge in [0.25, 0.3) is 11.6 Å². The van der Waals surface area contributed by atoms with Crippen LogP contribution in [0.25, 0.3) is 0 Å². The summed E-state index contributed by atoms with van der Waals surface area (Å²) in [6.07, 6.45) is 1.40. The van der Waals surface area contributed by atoms with Gasteiger partial charge in [0, 0.05) is 29.4 Å². The van der Waals surface area contributed by atoms with E-state index in [-0.39, 0.29) is 28.4 Å². The highest BCUT2D eigenvalue weighted by atomic mass is 32.2. The zero-order valence-corrected chi connectivity index (χ0v) is 14.7. The fourth-order valence-electron chi connectivity index (χ4n) is 2.14. The number of nitro benzene ring substituents is 1. The zero-order valence-electron chi connectivity index (χ0n) is 13.9. The van der Waals surface area contributed by atoms with Gasteiger partial charge >= 0.3 is 0 Å². The minimum Gasteiger partial charge on any atom is -0.322 e. The topological polar surface area (TPSA) is 118 Å². The van der Waals surface area contributed by atoms with Crippen LogP contribution >= 0.6 is 0 Å². The molecule has 136 valence electrons. The Morgan fingerprint density at radius 2 is 2.00 bits per heavy atom. The molecule has 0 fully saturated rings. The van der Waals surface area contributed by atoms with Crippen molar-refractivity contribution in [2.24, 2.45) is 0 Å². The third kappa shape index (κ3) is 4.52. The van der Waals surface area contributed by atoms with Crippen molar-refractivity contribution in [1.29, 1.82) is 0 Å². The molecule has 2 N–H and O–H groups in total. The molecule has 0 aromatic heterocycles. The molecule has 0 heterocycles. The predicted molar refractivity (Wildman–Crippen MR) is 97.6 cm³/mol. The predicted octanol–water partition coefficient (Wildman–Crippen LogP) is 2.62. The maximum absolute atomic E-state index is 12.4. The number of nitro groups is 1. The Morgan fingerprint density at radius 1 is 1.27 bits per heavy atom. The first-order valence-electron chi connectivity index (χ1n) is 7.51. The summed E-state index contributed by atoms with van der Waals surface area (Å²) in [6, 6.07) is 9.78. The molecule has 0 unspecified atom stereocenters. The van der Waals surface area contributed by atoms with Crippen LogP contribution in [0.5, 0.6) is 0 Å². The molecule has 2 aromatic carbocycles. The largest absolute Gasteiger partial charge is 0.322 e. The molecular formula is C17H17N3O5S. The van der Waals surface area contributed by atoms with Gasteiger partial charge < -0.3 is 5.32 Å². The van der Waals surface area contributed by atoms with E-state index in [2.05, 4.69) is 16.6 Å². The molecule has 1 amide bonds. The highest BCUT2D eigenvalue weighted by Crippen LogP contribution is 2.23. The Balaban J connectivity index is 2.26. The molecule has 2 rings (SSSR count). The lowest BCUT2D eigenvalue weighted by Crippen LogP contribution is -2.24. The molecule has 0 bridgehead atoms. The first-order chi connectivity index (χ1) is 12.2. The number of carbonyl (C=O) groups is 1. The lowest BCUT2D eigenvalue weighted by Gasteiger charge is -2.09. The highest BCUT2D eigenvalue weighted by molar-refractivity contribution is 7.89. The second kappa shape index (κ2) is 7.89. The molecule has 2 aromatic rings. The summed E-state index contributed by atoms with van der Waals surface area (Å²) in [5, 5.41) is 13.5. The number of rotatable bonds is 7. The second-order valence-electron chi connectivity index (χ2n) is 5.38. The number of amides is 1. The van der Waals surface area contributed by atoms with Gasteiger partial charge in [0.2, 0.25) is 10.0 Å². The van der Waals surface area contributed by atoms with Gasteiger partial charge in [-0.1, -0.05) is 18.2 Å². The fourth-order valence-corrected chi connectivity index (χ4v) is 3.19. The Morgan fingerprint density at radius 3 is 2.65 bits per heavy atom. The van der Waals surface area contributed by atoms with Crippen molar-refractivity contribution in [1.82, 2.24) is 4.72 Å². The molecule has 0 aliphatic heterocycles. The van der Waals surface area contributed by atoms with Crippen molar-refractivity contribution in [3.63, 3.8) is 0 Å². The lowest BCUT2D eigenvalue weighted by molar-refractivity contribution is -0.385. The number of nitrogens with one attached hydrogen (secondary N) is 2. The number of hydrogen-bond donors (Lipinski definition) is 2. The van der Waals surface area contributed by atoms with Gasteiger partial charge in [-0.2, -0.15) is 0 Å². The number of hydrogen-bond acceptors (Lipinski definition) is 5. The number of benzene rings is 2. The summed E-state index contributed by atoms with van der Waals surface area (Å²) in [7, 11) is -3.77. The van der Waals surface area contributed by atoms with Gasteiger partial charge in [-0.3, -0.25) is 14.9 Å². The van der Waals surface area contributed by atoms with E-state index in [1.54, 1.807) is 6.92 Å². The zero-order chi connectivity index (χ0) is 19.3. The van der Waals surface area contributed by atoms with Crippen LogP contribution in [0.2, 0.25) is 0 Å². The monoisotopic (exact) mass is 375 g/mol. The average molecular weight is 375 g/mol. The maximum Gasteiger partial charge on any atom is 0.274 e. The fraction of sp³-hybridized carbons (Fsp3) is 0.118. The minimum absolute atomic E-state index is 0.0613. The third-order valence-corrected chi connectivity index (χ3v) is 4.91. The van der Waals surface area contributed by atoms with E-state index in [9.17, 15) is 23.3 Å². The maximum atomic E-state index is 12.4. The smallest absolute Gasteiger partial charge is 0.274 e. The lowest BCUT2D eigenvalue weighted by atomic mass is 10.1. The van der Waals surface area contributed by atoms with Gasteiger partial charge in [-0.05, 0) is 31.2 Å². The first kappa shape index (κ1) is 19.3. The van der Waals surface area contributed by atoms with Crippen LogP contribution < -0.4 is 10.0 Å².